The molecule has 1 heterocycles. The molecule has 1 aromatic carbocycles. The summed E-state index contributed by atoms with van der Waals surface area (Å²) in [5.74, 6) is -2.66. The topological polar surface area (TPSA) is 152 Å². The summed E-state index contributed by atoms with van der Waals surface area (Å²) in [6, 6.07) is 5.49. The molecule has 1 atom stereocenters. The minimum absolute atomic E-state index is 0.112. The molecule has 6 N–H and O–H groups in total. The number of hydrogen-bond donors (Lipinski definition) is 4. The molecule has 0 fully saturated rings. The summed E-state index contributed by atoms with van der Waals surface area (Å²) < 4.78 is 0. The predicted octanol–water partition coefficient (Wildman–Crippen LogP) is 1.29. The smallest absolute Gasteiger partial charge is 0.307 e. The number of benzene rings is 1. The number of nitrogen functional groups attached to an aromatic ring is 2. The minimum atomic E-state index is -1.11. The Hall–Kier alpha value is -2.90. The molecule has 122 valence electrons. The van der Waals surface area contributed by atoms with Crippen LogP contribution in [0.5, 0.6) is 0 Å². The first-order valence-electron chi connectivity index (χ1n) is 7.13. The van der Waals surface area contributed by atoms with Crippen molar-refractivity contribution in [3.8, 4) is 0 Å². The van der Waals surface area contributed by atoms with E-state index in [0.29, 0.717) is 36.0 Å². The van der Waals surface area contributed by atoms with Crippen LogP contribution >= 0.6 is 0 Å². The number of fused-ring (bicyclic) bond motifs is 1. The number of anilines is 2. The standard InChI is InChI=1S/C15H18N4O4/c16-13-10-6-8(4-5-11(10)18-15(17)19-13)2-1-3-9(14(22)23)7-12(20)21/h4-6,9H,1-3,7H2,(H,20,21)(H,22,23)(H4,16,17,18,19). The summed E-state index contributed by atoms with van der Waals surface area (Å²) in [6.07, 6.45) is 1.11. The summed E-state index contributed by atoms with van der Waals surface area (Å²) in [6.45, 7) is 0. The van der Waals surface area contributed by atoms with Crippen LogP contribution in [-0.2, 0) is 16.0 Å². The first kappa shape index (κ1) is 16.5. The Balaban J connectivity index is 2.04. The summed E-state index contributed by atoms with van der Waals surface area (Å²) in [4.78, 5) is 29.7. The van der Waals surface area contributed by atoms with Gasteiger partial charge in [0.15, 0.2) is 0 Å². The summed E-state index contributed by atoms with van der Waals surface area (Å²) in [7, 11) is 0. The third-order valence-electron chi connectivity index (χ3n) is 3.60. The van der Waals surface area contributed by atoms with Gasteiger partial charge in [-0.15, -0.1) is 0 Å². The molecule has 23 heavy (non-hydrogen) atoms. The van der Waals surface area contributed by atoms with Gasteiger partial charge in [0.2, 0.25) is 5.95 Å². The number of rotatable bonds is 7. The fourth-order valence-corrected chi connectivity index (χ4v) is 2.45. The second-order valence-corrected chi connectivity index (χ2v) is 5.34. The van der Waals surface area contributed by atoms with Crippen molar-refractivity contribution >= 4 is 34.6 Å². The minimum Gasteiger partial charge on any atom is -0.481 e. The Morgan fingerprint density at radius 3 is 2.57 bits per heavy atom. The van der Waals surface area contributed by atoms with Gasteiger partial charge in [-0.2, -0.15) is 4.98 Å². The summed E-state index contributed by atoms with van der Waals surface area (Å²) >= 11 is 0. The van der Waals surface area contributed by atoms with E-state index in [2.05, 4.69) is 9.97 Å². The lowest BCUT2D eigenvalue weighted by Gasteiger charge is -2.10. The molecule has 0 bridgehead atoms. The number of carbonyl (C=O) groups is 2. The molecule has 0 spiro atoms. The molecule has 2 aromatic rings. The van der Waals surface area contributed by atoms with Crippen LogP contribution in [0.15, 0.2) is 18.2 Å². The Kier molecular flexibility index (Phi) is 4.95. The zero-order valence-corrected chi connectivity index (χ0v) is 12.4. The first-order valence-corrected chi connectivity index (χ1v) is 7.13. The number of carboxylic acid groups (broad SMARTS) is 2. The number of carboxylic acids is 2. The number of aromatic nitrogens is 2. The third-order valence-corrected chi connectivity index (χ3v) is 3.60. The normalized spacial score (nSPS) is 12.2. The number of nitrogens with zero attached hydrogens (tertiary/aromatic N) is 2. The van der Waals surface area contributed by atoms with Gasteiger partial charge in [-0.1, -0.05) is 6.07 Å². The highest BCUT2D eigenvalue weighted by Crippen LogP contribution is 2.22. The lowest BCUT2D eigenvalue weighted by molar-refractivity contribution is -0.148. The number of hydrogen-bond acceptors (Lipinski definition) is 6. The predicted molar refractivity (Wildman–Crippen MR) is 84.7 cm³/mol. The van der Waals surface area contributed by atoms with Crippen LogP contribution in [0.1, 0.15) is 24.8 Å². The van der Waals surface area contributed by atoms with Crippen LogP contribution in [0, 0.1) is 5.92 Å². The van der Waals surface area contributed by atoms with Crippen LogP contribution in [-0.4, -0.2) is 32.1 Å². The van der Waals surface area contributed by atoms with E-state index in [1.165, 1.54) is 0 Å². The van der Waals surface area contributed by atoms with Gasteiger partial charge in [0, 0.05) is 5.39 Å². The van der Waals surface area contributed by atoms with E-state index >= 15 is 0 Å². The SMILES string of the molecule is Nc1nc(N)c2cc(CCCC(CC(=O)O)C(=O)O)ccc2n1. The highest BCUT2D eigenvalue weighted by molar-refractivity contribution is 5.89. The van der Waals surface area contributed by atoms with Crippen molar-refractivity contribution in [2.75, 3.05) is 11.5 Å². The molecular weight excluding hydrogens is 300 g/mol. The maximum Gasteiger partial charge on any atom is 0.307 e. The van der Waals surface area contributed by atoms with Gasteiger partial charge in [-0.3, -0.25) is 9.59 Å². The fourth-order valence-electron chi connectivity index (χ4n) is 2.45. The average Bonchev–Trinajstić information content (AvgIpc) is 2.46. The van der Waals surface area contributed by atoms with E-state index in [9.17, 15) is 9.59 Å². The van der Waals surface area contributed by atoms with Crippen LogP contribution < -0.4 is 11.5 Å². The summed E-state index contributed by atoms with van der Waals surface area (Å²) in [5.41, 5.74) is 13.0. The molecule has 0 aliphatic heterocycles. The molecule has 0 aliphatic carbocycles. The first-order chi connectivity index (χ1) is 10.9. The van der Waals surface area contributed by atoms with Crippen molar-refractivity contribution in [2.45, 2.75) is 25.7 Å². The quantitative estimate of drug-likeness (QED) is 0.595. The molecule has 0 aliphatic rings. The Morgan fingerprint density at radius 2 is 1.91 bits per heavy atom. The van der Waals surface area contributed by atoms with Crippen LogP contribution in [0.25, 0.3) is 10.9 Å². The molecule has 2 rings (SSSR count). The zero-order chi connectivity index (χ0) is 17.0. The van der Waals surface area contributed by atoms with Crippen molar-refractivity contribution in [3.05, 3.63) is 23.8 Å². The summed E-state index contributed by atoms with van der Waals surface area (Å²) in [5, 5.41) is 18.4. The van der Waals surface area contributed by atoms with E-state index < -0.39 is 17.9 Å². The molecule has 8 nitrogen and oxygen atoms in total. The molecule has 8 heteroatoms. The van der Waals surface area contributed by atoms with Crippen LogP contribution in [0.2, 0.25) is 0 Å². The Morgan fingerprint density at radius 1 is 1.17 bits per heavy atom. The molecule has 0 saturated carbocycles. The van der Waals surface area contributed by atoms with Gasteiger partial charge in [-0.25, -0.2) is 4.98 Å². The highest BCUT2D eigenvalue weighted by atomic mass is 16.4. The second-order valence-electron chi connectivity index (χ2n) is 5.34. The highest BCUT2D eigenvalue weighted by Gasteiger charge is 2.20. The largest absolute Gasteiger partial charge is 0.481 e. The van der Waals surface area contributed by atoms with Gasteiger partial charge in [0.1, 0.15) is 5.82 Å². The average molecular weight is 318 g/mol. The van der Waals surface area contributed by atoms with Crippen molar-refractivity contribution in [2.24, 2.45) is 5.92 Å². The van der Waals surface area contributed by atoms with Crippen molar-refractivity contribution in [3.63, 3.8) is 0 Å². The van der Waals surface area contributed by atoms with Gasteiger partial charge >= 0.3 is 11.9 Å². The van der Waals surface area contributed by atoms with Crippen molar-refractivity contribution in [1.29, 1.82) is 0 Å². The zero-order valence-electron chi connectivity index (χ0n) is 12.4. The van der Waals surface area contributed by atoms with Crippen molar-refractivity contribution in [1.82, 2.24) is 9.97 Å². The van der Waals surface area contributed by atoms with Gasteiger partial charge in [0.05, 0.1) is 17.9 Å². The lowest BCUT2D eigenvalue weighted by atomic mass is 9.96. The van der Waals surface area contributed by atoms with E-state index in [1.807, 2.05) is 12.1 Å². The number of aryl methyl sites for hydroxylation is 1. The molecular formula is C15H18N4O4. The maximum absolute atomic E-state index is 11.0. The van der Waals surface area contributed by atoms with Crippen molar-refractivity contribution < 1.29 is 19.8 Å². The number of aliphatic carboxylic acids is 2. The third kappa shape index (κ3) is 4.29. The lowest BCUT2D eigenvalue weighted by Crippen LogP contribution is -2.17. The van der Waals surface area contributed by atoms with E-state index in [1.54, 1.807) is 6.07 Å². The molecule has 1 aromatic heterocycles. The monoisotopic (exact) mass is 318 g/mol. The maximum atomic E-state index is 11.0. The second kappa shape index (κ2) is 6.91. The van der Waals surface area contributed by atoms with Crippen LogP contribution in [0.3, 0.4) is 0 Å². The van der Waals surface area contributed by atoms with Gasteiger partial charge in [0.25, 0.3) is 0 Å². The molecule has 0 amide bonds. The fraction of sp³-hybridized carbons (Fsp3) is 0.333. The molecule has 0 saturated heterocycles. The van der Waals surface area contributed by atoms with Crippen LogP contribution in [0.4, 0.5) is 11.8 Å². The molecule has 0 radical (unpaired) electrons. The van der Waals surface area contributed by atoms with E-state index in [-0.39, 0.29) is 12.4 Å². The van der Waals surface area contributed by atoms with E-state index in [4.69, 9.17) is 21.7 Å². The number of nitrogens with two attached hydrogens (primary N) is 2. The Labute approximate surface area is 132 Å². The van der Waals surface area contributed by atoms with Gasteiger partial charge < -0.3 is 21.7 Å². The van der Waals surface area contributed by atoms with Gasteiger partial charge in [-0.05, 0) is 37.0 Å². The Bertz CT molecular complexity index is 748. The molecule has 1 unspecified atom stereocenters. The van der Waals surface area contributed by atoms with E-state index in [0.717, 1.165) is 5.56 Å².